The molecule has 0 aliphatic rings. The summed E-state index contributed by atoms with van der Waals surface area (Å²) in [6.07, 6.45) is 1.32. The van der Waals surface area contributed by atoms with E-state index in [1.165, 1.54) is 0 Å². The van der Waals surface area contributed by atoms with Crippen LogP contribution in [0, 0.1) is 16.2 Å². The molecule has 1 atom stereocenters. The fourth-order valence-electron chi connectivity index (χ4n) is 2.22. The molecule has 0 fully saturated rings. The summed E-state index contributed by atoms with van der Waals surface area (Å²) in [7, 11) is 0. The third kappa shape index (κ3) is 5.41. The van der Waals surface area contributed by atoms with E-state index < -0.39 is 6.10 Å². The van der Waals surface area contributed by atoms with E-state index in [1.807, 2.05) is 0 Å². The van der Waals surface area contributed by atoms with Gasteiger partial charge in [0.25, 0.3) is 0 Å². The van der Waals surface area contributed by atoms with Gasteiger partial charge in [0.05, 0.1) is 13.2 Å². The van der Waals surface area contributed by atoms with E-state index in [0.29, 0.717) is 6.61 Å². The van der Waals surface area contributed by atoms with E-state index in [4.69, 9.17) is 9.84 Å². The Hall–Kier alpha value is -0.120. The number of hydrogen-bond donors (Lipinski definition) is 2. The predicted octanol–water partition coefficient (Wildman–Crippen LogP) is 3.23. The first kappa shape index (κ1) is 18.9. The largest absolute Gasteiger partial charge is 0.394 e. The highest BCUT2D eigenvalue weighted by Gasteiger charge is 2.44. The highest BCUT2D eigenvalue weighted by Crippen LogP contribution is 2.53. The van der Waals surface area contributed by atoms with E-state index >= 15 is 0 Å². The maximum atomic E-state index is 9.18. The normalized spacial score (nSPS) is 15.6. The smallest absolute Gasteiger partial charge is 0.100 e. The van der Waals surface area contributed by atoms with Crippen molar-refractivity contribution in [1.82, 2.24) is 0 Å². The summed E-state index contributed by atoms with van der Waals surface area (Å²) in [5.41, 5.74) is 0.708. The fourth-order valence-corrected chi connectivity index (χ4v) is 2.22. The molecular weight excluding hydrogens is 240 g/mol. The van der Waals surface area contributed by atoms with Crippen molar-refractivity contribution >= 4 is 0 Å². The molecule has 0 saturated carbocycles. The molecule has 3 heteroatoms. The molecule has 0 rings (SSSR count). The molecule has 0 aliphatic heterocycles. The summed E-state index contributed by atoms with van der Waals surface area (Å²) in [6, 6.07) is 0. The monoisotopic (exact) mass is 274 g/mol. The van der Waals surface area contributed by atoms with Gasteiger partial charge in [0, 0.05) is 6.61 Å². The Bertz CT molecular complexity index is 251. The Morgan fingerprint density at radius 1 is 1.00 bits per heavy atom. The van der Waals surface area contributed by atoms with Crippen molar-refractivity contribution in [3.63, 3.8) is 0 Å². The summed E-state index contributed by atoms with van der Waals surface area (Å²) >= 11 is 0. The van der Waals surface area contributed by atoms with Crippen LogP contribution in [-0.2, 0) is 4.74 Å². The van der Waals surface area contributed by atoms with Gasteiger partial charge in [-0.3, -0.25) is 0 Å². The summed E-state index contributed by atoms with van der Waals surface area (Å²) in [4.78, 5) is 0. The average molecular weight is 274 g/mol. The van der Waals surface area contributed by atoms with Crippen LogP contribution in [0.1, 0.15) is 61.3 Å². The Kier molecular flexibility index (Phi) is 7.01. The summed E-state index contributed by atoms with van der Waals surface area (Å²) < 4.78 is 5.37. The van der Waals surface area contributed by atoms with Gasteiger partial charge in [-0.2, -0.15) is 0 Å². The van der Waals surface area contributed by atoms with Crippen molar-refractivity contribution in [3.8, 4) is 0 Å². The molecule has 0 saturated heterocycles. The van der Waals surface area contributed by atoms with Crippen molar-refractivity contribution in [2.45, 2.75) is 67.4 Å². The molecule has 0 amide bonds. The second-order valence-corrected chi connectivity index (χ2v) is 7.77. The first-order valence-corrected chi connectivity index (χ1v) is 7.32. The number of ether oxygens (including phenoxy) is 1. The standard InChI is InChI=1S/C16H34O3/c1-14(2,3)16(6,7)15(4,5)9-8-10-19-12-13(18)11-17/h13,17-18H,8-12H2,1-7H3. The molecule has 0 aliphatic carbocycles. The van der Waals surface area contributed by atoms with Gasteiger partial charge in [0.1, 0.15) is 6.10 Å². The molecular formula is C16H34O3. The molecule has 3 nitrogen and oxygen atoms in total. The number of rotatable bonds is 8. The van der Waals surface area contributed by atoms with Crippen molar-refractivity contribution in [3.05, 3.63) is 0 Å². The van der Waals surface area contributed by atoms with Crippen LogP contribution >= 0.6 is 0 Å². The van der Waals surface area contributed by atoms with E-state index in [1.54, 1.807) is 0 Å². The zero-order chi connectivity index (χ0) is 15.3. The van der Waals surface area contributed by atoms with Gasteiger partial charge in [0.2, 0.25) is 0 Å². The Morgan fingerprint density at radius 3 is 1.95 bits per heavy atom. The molecule has 0 aromatic heterocycles. The van der Waals surface area contributed by atoms with Crippen molar-refractivity contribution in [2.24, 2.45) is 16.2 Å². The van der Waals surface area contributed by atoms with Crippen molar-refractivity contribution in [2.75, 3.05) is 19.8 Å². The Labute approximate surface area is 119 Å². The van der Waals surface area contributed by atoms with E-state index in [-0.39, 0.29) is 29.5 Å². The lowest BCUT2D eigenvalue weighted by Gasteiger charge is -2.51. The Morgan fingerprint density at radius 2 is 1.53 bits per heavy atom. The second-order valence-electron chi connectivity index (χ2n) is 7.77. The maximum absolute atomic E-state index is 9.18. The molecule has 0 aromatic rings. The highest BCUT2D eigenvalue weighted by atomic mass is 16.5. The Balaban J connectivity index is 4.18. The minimum absolute atomic E-state index is 0.222. The lowest BCUT2D eigenvalue weighted by Crippen LogP contribution is -2.43. The van der Waals surface area contributed by atoms with Crippen LogP contribution in [0.15, 0.2) is 0 Å². The molecule has 0 radical (unpaired) electrons. The number of aliphatic hydroxyl groups excluding tert-OH is 2. The van der Waals surface area contributed by atoms with Gasteiger partial charge >= 0.3 is 0 Å². The molecule has 2 N–H and O–H groups in total. The highest BCUT2D eigenvalue weighted by molar-refractivity contribution is 4.94. The molecule has 0 bridgehead atoms. The van der Waals surface area contributed by atoms with Crippen LogP contribution in [0.4, 0.5) is 0 Å². The molecule has 0 aromatic carbocycles. The van der Waals surface area contributed by atoms with Crippen LogP contribution in [0.5, 0.6) is 0 Å². The summed E-state index contributed by atoms with van der Waals surface area (Å²) in [6.45, 7) is 16.8. The van der Waals surface area contributed by atoms with Crippen molar-refractivity contribution < 1.29 is 14.9 Å². The van der Waals surface area contributed by atoms with Gasteiger partial charge in [-0.15, -0.1) is 0 Å². The molecule has 1 unspecified atom stereocenters. The van der Waals surface area contributed by atoms with Crippen LogP contribution in [0.2, 0.25) is 0 Å². The topological polar surface area (TPSA) is 49.7 Å². The van der Waals surface area contributed by atoms with Crippen LogP contribution in [0.25, 0.3) is 0 Å². The van der Waals surface area contributed by atoms with Crippen LogP contribution in [-0.4, -0.2) is 36.1 Å². The fraction of sp³-hybridized carbons (Fsp3) is 1.00. The molecule has 0 heterocycles. The summed E-state index contributed by atoms with van der Waals surface area (Å²) in [5, 5.41) is 17.9. The maximum Gasteiger partial charge on any atom is 0.100 e. The quantitative estimate of drug-likeness (QED) is 0.668. The minimum atomic E-state index is -0.751. The van der Waals surface area contributed by atoms with Crippen LogP contribution < -0.4 is 0 Å². The lowest BCUT2D eigenvalue weighted by atomic mass is 9.54. The molecule has 19 heavy (non-hydrogen) atoms. The number of aliphatic hydroxyl groups is 2. The third-order valence-corrected chi connectivity index (χ3v) is 5.18. The van der Waals surface area contributed by atoms with Crippen LogP contribution in [0.3, 0.4) is 0 Å². The van der Waals surface area contributed by atoms with E-state index in [9.17, 15) is 5.11 Å². The average Bonchev–Trinajstić information content (AvgIpc) is 2.26. The first-order chi connectivity index (χ1) is 8.45. The van der Waals surface area contributed by atoms with Crippen molar-refractivity contribution in [1.29, 1.82) is 0 Å². The van der Waals surface area contributed by atoms with Gasteiger partial charge in [0.15, 0.2) is 0 Å². The summed E-state index contributed by atoms with van der Waals surface area (Å²) in [5.74, 6) is 0. The van der Waals surface area contributed by atoms with Gasteiger partial charge in [-0.25, -0.2) is 0 Å². The SMILES string of the molecule is CC(C)(C)C(C)(C)C(C)(C)CCCOCC(O)CO. The van der Waals surface area contributed by atoms with Gasteiger partial charge in [-0.1, -0.05) is 48.5 Å². The second kappa shape index (κ2) is 7.05. The van der Waals surface area contributed by atoms with Gasteiger partial charge < -0.3 is 14.9 Å². The van der Waals surface area contributed by atoms with Gasteiger partial charge in [-0.05, 0) is 29.1 Å². The minimum Gasteiger partial charge on any atom is -0.394 e. The zero-order valence-electron chi connectivity index (χ0n) is 13.9. The van der Waals surface area contributed by atoms with E-state index in [0.717, 1.165) is 12.8 Å². The third-order valence-electron chi connectivity index (χ3n) is 5.18. The zero-order valence-corrected chi connectivity index (χ0v) is 13.9. The van der Waals surface area contributed by atoms with E-state index in [2.05, 4.69) is 48.5 Å². The number of hydrogen-bond acceptors (Lipinski definition) is 3. The molecule has 0 spiro atoms. The first-order valence-electron chi connectivity index (χ1n) is 7.32. The predicted molar refractivity (Wildman–Crippen MR) is 80.2 cm³/mol. The molecule has 116 valence electrons. The lowest BCUT2D eigenvalue weighted by molar-refractivity contribution is -0.0266.